The van der Waals surface area contributed by atoms with Gasteiger partial charge in [0.25, 0.3) is 0 Å². The van der Waals surface area contributed by atoms with Gasteiger partial charge in [0.15, 0.2) is 9.84 Å². The predicted molar refractivity (Wildman–Crippen MR) is 98.3 cm³/mol. The first kappa shape index (κ1) is 18.4. The van der Waals surface area contributed by atoms with Gasteiger partial charge in [-0.1, -0.05) is 25.5 Å². The molecule has 2 aliphatic rings. The fourth-order valence-electron chi connectivity index (χ4n) is 3.97. The molecule has 1 saturated heterocycles. The third kappa shape index (κ3) is 3.75. The van der Waals surface area contributed by atoms with Gasteiger partial charge in [0.1, 0.15) is 0 Å². The summed E-state index contributed by atoms with van der Waals surface area (Å²) >= 11 is 0. The summed E-state index contributed by atoms with van der Waals surface area (Å²) in [5.74, 6) is 0.634. The van der Waals surface area contributed by atoms with Gasteiger partial charge in [-0.2, -0.15) is 0 Å². The molecule has 1 aromatic carbocycles. The summed E-state index contributed by atoms with van der Waals surface area (Å²) in [5.41, 5.74) is 0.462. The standard InChI is InChI=1S/C19H28N2O3S/c1-3-21-12-9-15(14-21)13-20-18(22)19(10-4-11-19)16-5-7-17(8-6-16)25(2,23)24/h5-8,15H,3-4,9-14H2,1-2H3,(H,20,22). The molecular formula is C19H28N2O3S. The average Bonchev–Trinajstić information content (AvgIpc) is 2.99. The first-order valence-corrected chi connectivity index (χ1v) is 11.1. The lowest BCUT2D eigenvalue weighted by atomic mass is 9.64. The van der Waals surface area contributed by atoms with Crippen LogP contribution in [0.3, 0.4) is 0 Å². The number of nitrogens with one attached hydrogen (secondary N) is 1. The van der Waals surface area contributed by atoms with Gasteiger partial charge in [-0.05, 0) is 56.0 Å². The third-order valence-corrected chi connectivity index (χ3v) is 6.97. The molecule has 6 heteroatoms. The maximum Gasteiger partial charge on any atom is 0.230 e. The molecule has 0 spiro atoms. The van der Waals surface area contributed by atoms with Gasteiger partial charge in [0, 0.05) is 19.3 Å². The lowest BCUT2D eigenvalue weighted by molar-refractivity contribution is -0.130. The zero-order valence-electron chi connectivity index (χ0n) is 15.1. The van der Waals surface area contributed by atoms with E-state index in [1.165, 1.54) is 6.26 Å². The summed E-state index contributed by atoms with van der Waals surface area (Å²) in [5, 5.41) is 3.17. The van der Waals surface area contributed by atoms with E-state index in [-0.39, 0.29) is 5.91 Å². The van der Waals surface area contributed by atoms with Crippen LogP contribution in [0.5, 0.6) is 0 Å². The van der Waals surface area contributed by atoms with Crippen LogP contribution in [0.1, 0.15) is 38.2 Å². The van der Waals surface area contributed by atoms with Crippen LogP contribution in [0.15, 0.2) is 29.2 Å². The Kier molecular flexibility index (Phi) is 5.21. The summed E-state index contributed by atoms with van der Waals surface area (Å²) in [6.45, 7) is 6.16. The minimum absolute atomic E-state index is 0.0980. The van der Waals surface area contributed by atoms with E-state index in [0.717, 1.165) is 57.4 Å². The number of carbonyl (C=O) groups excluding carboxylic acids is 1. The van der Waals surface area contributed by atoms with Gasteiger partial charge in [0.2, 0.25) is 5.91 Å². The second-order valence-electron chi connectivity index (χ2n) is 7.49. The first-order valence-electron chi connectivity index (χ1n) is 9.16. The predicted octanol–water partition coefficient (Wildman–Crippen LogP) is 1.97. The molecule has 138 valence electrons. The van der Waals surface area contributed by atoms with E-state index in [2.05, 4.69) is 17.1 Å². The smallest absolute Gasteiger partial charge is 0.230 e. The van der Waals surface area contributed by atoms with Gasteiger partial charge in [-0.15, -0.1) is 0 Å². The average molecular weight is 365 g/mol. The van der Waals surface area contributed by atoms with Crippen molar-refractivity contribution >= 4 is 15.7 Å². The Hall–Kier alpha value is -1.40. The van der Waals surface area contributed by atoms with Crippen molar-refractivity contribution in [1.82, 2.24) is 10.2 Å². The maximum absolute atomic E-state index is 12.9. The summed E-state index contributed by atoms with van der Waals surface area (Å²) in [6, 6.07) is 6.86. The van der Waals surface area contributed by atoms with Crippen LogP contribution in [0.25, 0.3) is 0 Å². The number of sulfone groups is 1. The molecular weight excluding hydrogens is 336 g/mol. The van der Waals surface area contributed by atoms with E-state index in [1.54, 1.807) is 12.1 Å². The zero-order valence-corrected chi connectivity index (χ0v) is 15.9. The fraction of sp³-hybridized carbons (Fsp3) is 0.632. The number of hydrogen-bond acceptors (Lipinski definition) is 4. The molecule has 1 aromatic rings. The van der Waals surface area contributed by atoms with Gasteiger partial charge < -0.3 is 10.2 Å². The van der Waals surface area contributed by atoms with Crippen LogP contribution in [-0.2, 0) is 20.0 Å². The Balaban J connectivity index is 1.67. The molecule has 3 rings (SSSR count). The van der Waals surface area contributed by atoms with Crippen molar-refractivity contribution in [2.45, 2.75) is 42.9 Å². The zero-order chi connectivity index (χ0) is 18.1. The lowest BCUT2D eigenvalue weighted by Gasteiger charge is -2.41. The SMILES string of the molecule is CCN1CCC(CNC(=O)C2(c3ccc(S(C)(=O)=O)cc3)CCC2)C1. The molecule has 0 bridgehead atoms. The Morgan fingerprint density at radius 2 is 1.96 bits per heavy atom. The molecule has 1 saturated carbocycles. The van der Waals surface area contributed by atoms with Crippen LogP contribution in [0.2, 0.25) is 0 Å². The Labute approximate surface area is 150 Å². The van der Waals surface area contributed by atoms with E-state index in [4.69, 9.17) is 0 Å². The van der Waals surface area contributed by atoms with E-state index in [9.17, 15) is 13.2 Å². The number of benzene rings is 1. The van der Waals surface area contributed by atoms with Crippen molar-refractivity contribution in [3.05, 3.63) is 29.8 Å². The van der Waals surface area contributed by atoms with E-state index < -0.39 is 15.3 Å². The largest absolute Gasteiger partial charge is 0.355 e. The summed E-state index contributed by atoms with van der Waals surface area (Å²) in [6.07, 6.45) is 5.05. The van der Waals surface area contributed by atoms with Crippen LogP contribution in [-0.4, -0.2) is 51.7 Å². The first-order chi connectivity index (χ1) is 11.8. The van der Waals surface area contributed by atoms with Gasteiger partial charge in [-0.3, -0.25) is 4.79 Å². The van der Waals surface area contributed by atoms with Gasteiger partial charge in [0.05, 0.1) is 10.3 Å². The fourth-order valence-corrected chi connectivity index (χ4v) is 4.60. The molecule has 1 atom stereocenters. The number of rotatable bonds is 6. The molecule has 1 heterocycles. The molecule has 2 fully saturated rings. The van der Waals surface area contributed by atoms with Crippen LogP contribution in [0, 0.1) is 5.92 Å². The van der Waals surface area contributed by atoms with E-state index in [0.29, 0.717) is 10.8 Å². The number of carbonyl (C=O) groups is 1. The van der Waals surface area contributed by atoms with Crippen molar-refractivity contribution in [2.24, 2.45) is 5.92 Å². The number of hydrogen-bond donors (Lipinski definition) is 1. The third-order valence-electron chi connectivity index (χ3n) is 5.85. The second-order valence-corrected chi connectivity index (χ2v) is 9.51. The Morgan fingerprint density at radius 1 is 1.28 bits per heavy atom. The highest BCUT2D eigenvalue weighted by molar-refractivity contribution is 7.90. The Morgan fingerprint density at radius 3 is 2.44 bits per heavy atom. The van der Waals surface area contributed by atoms with Gasteiger partial charge in [-0.25, -0.2) is 8.42 Å². The van der Waals surface area contributed by atoms with Crippen molar-refractivity contribution in [2.75, 3.05) is 32.4 Å². The maximum atomic E-state index is 12.9. The number of nitrogens with zero attached hydrogens (tertiary/aromatic N) is 1. The molecule has 1 aliphatic heterocycles. The van der Waals surface area contributed by atoms with E-state index in [1.807, 2.05) is 12.1 Å². The molecule has 0 radical (unpaired) electrons. The van der Waals surface area contributed by atoms with Crippen molar-refractivity contribution < 1.29 is 13.2 Å². The van der Waals surface area contributed by atoms with Crippen molar-refractivity contribution in [3.63, 3.8) is 0 Å². The summed E-state index contributed by atoms with van der Waals surface area (Å²) in [4.78, 5) is 15.6. The monoisotopic (exact) mass is 364 g/mol. The van der Waals surface area contributed by atoms with Gasteiger partial charge >= 0.3 is 0 Å². The summed E-state index contributed by atoms with van der Waals surface area (Å²) in [7, 11) is -3.21. The normalized spacial score (nSPS) is 23.2. The number of amides is 1. The number of likely N-dealkylation sites (tertiary alicyclic amines) is 1. The van der Waals surface area contributed by atoms with Crippen molar-refractivity contribution in [3.8, 4) is 0 Å². The van der Waals surface area contributed by atoms with E-state index >= 15 is 0 Å². The molecule has 1 aliphatic carbocycles. The molecule has 0 aromatic heterocycles. The summed E-state index contributed by atoms with van der Waals surface area (Å²) < 4.78 is 23.3. The molecule has 1 unspecified atom stereocenters. The lowest BCUT2D eigenvalue weighted by Crippen LogP contribution is -2.50. The quantitative estimate of drug-likeness (QED) is 0.838. The highest BCUT2D eigenvalue weighted by Gasteiger charge is 2.45. The van der Waals surface area contributed by atoms with Crippen molar-refractivity contribution in [1.29, 1.82) is 0 Å². The topological polar surface area (TPSA) is 66.5 Å². The molecule has 25 heavy (non-hydrogen) atoms. The van der Waals surface area contributed by atoms with Crippen LogP contribution in [0.4, 0.5) is 0 Å². The highest BCUT2D eigenvalue weighted by Crippen LogP contribution is 2.44. The van der Waals surface area contributed by atoms with Crippen LogP contribution < -0.4 is 5.32 Å². The minimum Gasteiger partial charge on any atom is -0.355 e. The van der Waals surface area contributed by atoms with Crippen LogP contribution >= 0.6 is 0 Å². The molecule has 5 nitrogen and oxygen atoms in total. The molecule has 1 amide bonds. The minimum atomic E-state index is -3.21. The molecule has 1 N–H and O–H groups in total. The highest BCUT2D eigenvalue weighted by atomic mass is 32.2. The second kappa shape index (κ2) is 7.08. The Bertz CT molecular complexity index is 724.